The van der Waals surface area contributed by atoms with Crippen LogP contribution in [0.2, 0.25) is 0 Å². The topological polar surface area (TPSA) is 20.2 Å². The smallest absolute Gasteiger partial charge is 0.0319 e. The van der Waals surface area contributed by atoms with E-state index >= 15 is 0 Å². The van der Waals surface area contributed by atoms with Crippen LogP contribution >= 0.6 is 20.6 Å². The maximum atomic E-state index is 7.00. The van der Waals surface area contributed by atoms with Gasteiger partial charge in [0.25, 0.3) is 0 Å². The van der Waals surface area contributed by atoms with E-state index in [1.165, 1.54) is 27.0 Å². The fourth-order valence-electron chi connectivity index (χ4n) is 3.18. The second-order valence-electron chi connectivity index (χ2n) is 6.04. The molecule has 4 aromatic carbocycles. The van der Waals surface area contributed by atoms with Gasteiger partial charge in [-0.1, -0.05) is 103 Å². The molecule has 0 saturated heterocycles. The summed E-state index contributed by atoms with van der Waals surface area (Å²) >= 11 is 4.71. The van der Waals surface area contributed by atoms with E-state index in [1.54, 1.807) is 0 Å². The Morgan fingerprint density at radius 2 is 0.964 bits per heavy atom. The summed E-state index contributed by atoms with van der Waals surface area (Å²) in [5.74, 6) is 0. The van der Waals surface area contributed by atoms with Gasteiger partial charge in [0.1, 0.15) is 0 Å². The predicted molar refractivity (Wildman–Crippen MR) is 126 cm³/mol. The fourth-order valence-corrected chi connectivity index (χ4v) is 5.93. The van der Waals surface area contributed by atoms with E-state index in [-0.39, 0.29) is 0 Å². The van der Waals surface area contributed by atoms with Gasteiger partial charge in [0.15, 0.2) is 0 Å². The van der Waals surface area contributed by atoms with Crippen molar-refractivity contribution in [3.63, 3.8) is 0 Å². The van der Waals surface area contributed by atoms with Crippen LogP contribution in [0.3, 0.4) is 0 Å². The molecular formula is C25H23OPS. The van der Waals surface area contributed by atoms with E-state index in [2.05, 4.69) is 103 Å². The van der Waals surface area contributed by atoms with Gasteiger partial charge in [0.2, 0.25) is 0 Å². The van der Waals surface area contributed by atoms with Crippen LogP contribution in [0.5, 0.6) is 0 Å². The SMILES string of the molecule is CO.Sc1ccccc1-c1ccccc1P(c1ccccc1)c1ccccc1. The van der Waals surface area contributed by atoms with Crippen molar-refractivity contribution in [2.24, 2.45) is 0 Å². The second-order valence-corrected chi connectivity index (χ2v) is 8.71. The molecule has 3 heteroatoms. The van der Waals surface area contributed by atoms with E-state index in [0.717, 1.165) is 12.0 Å². The van der Waals surface area contributed by atoms with Gasteiger partial charge in [0, 0.05) is 12.0 Å². The lowest BCUT2D eigenvalue weighted by atomic mass is 10.1. The van der Waals surface area contributed by atoms with Crippen molar-refractivity contribution in [3.8, 4) is 11.1 Å². The van der Waals surface area contributed by atoms with E-state index in [9.17, 15) is 0 Å². The number of hydrogen-bond acceptors (Lipinski definition) is 2. The van der Waals surface area contributed by atoms with Gasteiger partial charge in [-0.25, -0.2) is 0 Å². The average Bonchev–Trinajstić information content (AvgIpc) is 2.78. The Morgan fingerprint density at radius 3 is 1.50 bits per heavy atom. The number of aliphatic hydroxyl groups excluding tert-OH is 1. The minimum atomic E-state index is -0.637. The second kappa shape index (κ2) is 10.2. The number of aliphatic hydroxyl groups is 1. The molecule has 0 radical (unpaired) electrons. The number of thiol groups is 1. The van der Waals surface area contributed by atoms with Crippen LogP contribution in [0.1, 0.15) is 0 Å². The van der Waals surface area contributed by atoms with Gasteiger partial charge in [-0.2, -0.15) is 0 Å². The molecule has 0 atom stereocenters. The van der Waals surface area contributed by atoms with Crippen LogP contribution in [0.4, 0.5) is 0 Å². The molecule has 0 heterocycles. The zero-order chi connectivity index (χ0) is 19.8. The first kappa shape index (κ1) is 20.4. The van der Waals surface area contributed by atoms with Crippen molar-refractivity contribution < 1.29 is 5.11 Å². The van der Waals surface area contributed by atoms with Crippen LogP contribution in [-0.2, 0) is 0 Å². The first-order chi connectivity index (χ1) is 13.8. The molecule has 4 aromatic rings. The summed E-state index contributed by atoms with van der Waals surface area (Å²) in [6.07, 6.45) is 0. The standard InChI is InChI=1S/C24H19PS.CH4O/c26-24-18-10-8-16-22(24)21-15-7-9-17-23(21)25(19-11-3-1-4-12-19)20-13-5-2-6-14-20;1-2/h1-18,26H;2H,1H3. The van der Waals surface area contributed by atoms with E-state index in [0.29, 0.717) is 0 Å². The molecule has 140 valence electrons. The Kier molecular flexibility index (Phi) is 7.45. The summed E-state index contributed by atoms with van der Waals surface area (Å²) in [5, 5.41) is 11.1. The number of hydrogen-bond donors (Lipinski definition) is 2. The highest BCUT2D eigenvalue weighted by atomic mass is 32.1. The molecule has 0 amide bonds. The third-order valence-electron chi connectivity index (χ3n) is 4.37. The van der Waals surface area contributed by atoms with Crippen LogP contribution in [0.15, 0.2) is 114 Å². The van der Waals surface area contributed by atoms with Gasteiger partial charge in [0.05, 0.1) is 0 Å². The van der Waals surface area contributed by atoms with E-state index in [1.807, 2.05) is 6.07 Å². The highest BCUT2D eigenvalue weighted by Gasteiger charge is 2.20. The first-order valence-electron chi connectivity index (χ1n) is 9.07. The summed E-state index contributed by atoms with van der Waals surface area (Å²) in [5.41, 5.74) is 2.45. The molecule has 0 aliphatic rings. The van der Waals surface area contributed by atoms with Crippen molar-refractivity contribution in [2.75, 3.05) is 7.11 Å². The molecule has 0 unspecified atom stereocenters. The largest absolute Gasteiger partial charge is 0.400 e. The average molecular weight is 402 g/mol. The lowest BCUT2D eigenvalue weighted by Gasteiger charge is -2.23. The summed E-state index contributed by atoms with van der Waals surface area (Å²) in [4.78, 5) is 1.01. The van der Waals surface area contributed by atoms with Gasteiger partial charge in [-0.05, 0) is 41.0 Å². The fraction of sp³-hybridized carbons (Fsp3) is 0.0400. The predicted octanol–water partition coefficient (Wildman–Crippen LogP) is 5.01. The third kappa shape index (κ3) is 4.54. The highest BCUT2D eigenvalue weighted by molar-refractivity contribution is 7.80. The number of benzene rings is 4. The maximum absolute atomic E-state index is 7.00. The van der Waals surface area contributed by atoms with Crippen molar-refractivity contribution in [3.05, 3.63) is 109 Å². The zero-order valence-corrected chi connectivity index (χ0v) is 17.5. The van der Waals surface area contributed by atoms with Crippen LogP contribution < -0.4 is 15.9 Å². The van der Waals surface area contributed by atoms with Gasteiger partial charge in [-0.3, -0.25) is 0 Å². The highest BCUT2D eigenvalue weighted by Crippen LogP contribution is 2.38. The Morgan fingerprint density at radius 1 is 0.536 bits per heavy atom. The molecule has 1 nitrogen and oxygen atoms in total. The van der Waals surface area contributed by atoms with Crippen LogP contribution in [0, 0.1) is 0 Å². The lowest BCUT2D eigenvalue weighted by Crippen LogP contribution is -2.22. The van der Waals surface area contributed by atoms with Gasteiger partial charge in [-0.15, -0.1) is 12.6 Å². The summed E-state index contributed by atoms with van der Waals surface area (Å²) in [6.45, 7) is 0. The molecule has 0 aliphatic carbocycles. The third-order valence-corrected chi connectivity index (χ3v) is 7.26. The molecular weight excluding hydrogens is 379 g/mol. The maximum Gasteiger partial charge on any atom is 0.0319 e. The zero-order valence-electron chi connectivity index (χ0n) is 15.7. The summed E-state index contributed by atoms with van der Waals surface area (Å²) in [7, 11) is 0.363. The molecule has 28 heavy (non-hydrogen) atoms. The molecule has 1 N–H and O–H groups in total. The van der Waals surface area contributed by atoms with Gasteiger partial charge >= 0.3 is 0 Å². The molecule has 0 spiro atoms. The molecule has 0 aromatic heterocycles. The van der Waals surface area contributed by atoms with Gasteiger partial charge < -0.3 is 5.11 Å². The Hall–Kier alpha value is -2.38. The Labute approximate surface area is 173 Å². The quantitative estimate of drug-likeness (QED) is 0.363. The molecule has 0 aliphatic heterocycles. The lowest BCUT2D eigenvalue weighted by molar-refractivity contribution is 0.399. The molecule has 0 saturated carbocycles. The Bertz CT molecular complexity index is 963. The van der Waals surface area contributed by atoms with E-state index < -0.39 is 7.92 Å². The summed E-state index contributed by atoms with van der Waals surface area (Å²) in [6, 6.07) is 38.7. The number of rotatable bonds is 4. The van der Waals surface area contributed by atoms with E-state index in [4.69, 9.17) is 17.7 Å². The normalized spacial score (nSPS) is 10.3. The van der Waals surface area contributed by atoms with Crippen molar-refractivity contribution in [2.45, 2.75) is 4.90 Å². The molecule has 4 rings (SSSR count). The Balaban J connectivity index is 0.00000109. The molecule has 0 fully saturated rings. The molecule has 0 bridgehead atoms. The minimum Gasteiger partial charge on any atom is -0.400 e. The van der Waals surface area contributed by atoms with Crippen molar-refractivity contribution in [1.82, 2.24) is 0 Å². The van der Waals surface area contributed by atoms with Crippen molar-refractivity contribution in [1.29, 1.82) is 0 Å². The summed E-state index contributed by atoms with van der Waals surface area (Å²) < 4.78 is 0. The monoisotopic (exact) mass is 402 g/mol. The van der Waals surface area contributed by atoms with Crippen LogP contribution in [0.25, 0.3) is 11.1 Å². The first-order valence-corrected chi connectivity index (χ1v) is 10.9. The minimum absolute atomic E-state index is 0.637. The van der Waals surface area contributed by atoms with Crippen LogP contribution in [-0.4, -0.2) is 12.2 Å². The van der Waals surface area contributed by atoms with Crippen molar-refractivity contribution >= 4 is 36.5 Å².